The summed E-state index contributed by atoms with van der Waals surface area (Å²) in [6.07, 6.45) is 18.2. The number of allylic oxidation sites excluding steroid dienone is 2. The summed E-state index contributed by atoms with van der Waals surface area (Å²) in [7, 11) is 0. The molecule has 5 heteroatoms. The Bertz CT molecular complexity index is 374. The predicted molar refractivity (Wildman–Crippen MR) is 113 cm³/mol. The average molecular weight is 401 g/mol. The van der Waals surface area contributed by atoms with Gasteiger partial charge < -0.3 is 24.8 Å². The molecule has 4 atom stereocenters. The van der Waals surface area contributed by atoms with E-state index in [0.29, 0.717) is 6.61 Å². The van der Waals surface area contributed by atoms with E-state index in [4.69, 9.17) is 14.6 Å². The zero-order valence-corrected chi connectivity index (χ0v) is 17.9. The van der Waals surface area contributed by atoms with Crippen molar-refractivity contribution >= 4 is 0 Å². The number of ether oxygens (including phenoxy) is 2. The maximum Gasteiger partial charge on any atom is 0.114 e. The molecule has 1 fully saturated rings. The molecule has 166 valence electrons. The minimum atomic E-state index is -1.06. The molecule has 0 aromatic heterocycles. The van der Waals surface area contributed by atoms with Crippen molar-refractivity contribution < 1.29 is 24.8 Å². The quantitative estimate of drug-likeness (QED) is 0.238. The van der Waals surface area contributed by atoms with Crippen LogP contribution in [0.25, 0.3) is 0 Å². The minimum absolute atomic E-state index is 0.261. The summed E-state index contributed by atoms with van der Waals surface area (Å²) in [5.41, 5.74) is 0. The van der Waals surface area contributed by atoms with E-state index < -0.39 is 31.0 Å². The lowest BCUT2D eigenvalue weighted by Gasteiger charge is -2.20. The zero-order valence-electron chi connectivity index (χ0n) is 17.9. The first-order valence-corrected chi connectivity index (χ1v) is 11.6. The molecule has 0 aliphatic carbocycles. The molecule has 1 aliphatic heterocycles. The van der Waals surface area contributed by atoms with E-state index in [1.165, 1.54) is 64.2 Å². The van der Waals surface area contributed by atoms with Gasteiger partial charge in [0.25, 0.3) is 0 Å². The Morgan fingerprint density at radius 2 is 1.50 bits per heavy atom. The molecule has 0 unspecified atom stereocenters. The monoisotopic (exact) mass is 400 g/mol. The van der Waals surface area contributed by atoms with Crippen LogP contribution in [0.5, 0.6) is 0 Å². The molecule has 1 aliphatic rings. The fourth-order valence-electron chi connectivity index (χ4n) is 3.63. The maximum atomic E-state index is 10.0. The van der Waals surface area contributed by atoms with Crippen molar-refractivity contribution in [3.63, 3.8) is 0 Å². The lowest BCUT2D eigenvalue weighted by atomic mass is 10.1. The van der Waals surface area contributed by atoms with Crippen LogP contribution in [0.4, 0.5) is 0 Å². The molecular weight excluding hydrogens is 356 g/mol. The van der Waals surface area contributed by atoms with Crippen LogP contribution >= 0.6 is 0 Å². The Kier molecular flexibility index (Phi) is 15.9. The number of unbranched alkanes of at least 4 members (excludes halogenated alkanes) is 11. The van der Waals surface area contributed by atoms with Gasteiger partial charge in [-0.15, -0.1) is 0 Å². The topological polar surface area (TPSA) is 79.2 Å². The number of hydrogen-bond acceptors (Lipinski definition) is 5. The van der Waals surface area contributed by atoms with Crippen LogP contribution in [-0.2, 0) is 9.47 Å². The van der Waals surface area contributed by atoms with Crippen LogP contribution in [0.3, 0.4) is 0 Å². The van der Waals surface area contributed by atoms with Crippen molar-refractivity contribution in [2.24, 2.45) is 0 Å². The van der Waals surface area contributed by atoms with E-state index in [2.05, 4.69) is 19.1 Å². The molecule has 1 saturated heterocycles. The van der Waals surface area contributed by atoms with Gasteiger partial charge in [0.1, 0.15) is 24.4 Å². The smallest absolute Gasteiger partial charge is 0.114 e. The second-order valence-electron chi connectivity index (χ2n) is 8.03. The highest BCUT2D eigenvalue weighted by Crippen LogP contribution is 2.20. The maximum absolute atomic E-state index is 10.0. The van der Waals surface area contributed by atoms with Crippen molar-refractivity contribution in [2.45, 2.75) is 115 Å². The molecule has 28 heavy (non-hydrogen) atoms. The molecule has 0 spiro atoms. The van der Waals surface area contributed by atoms with Crippen LogP contribution in [-0.4, -0.2) is 59.6 Å². The summed E-state index contributed by atoms with van der Waals surface area (Å²) < 4.78 is 11.0. The second-order valence-corrected chi connectivity index (χ2v) is 8.03. The normalized spacial score (nSPS) is 23.6. The van der Waals surface area contributed by atoms with E-state index in [1.54, 1.807) is 0 Å². The van der Waals surface area contributed by atoms with Gasteiger partial charge in [-0.25, -0.2) is 0 Å². The Hall–Kier alpha value is -0.460. The first kappa shape index (κ1) is 25.6. The number of aliphatic hydroxyl groups excluding tert-OH is 3. The highest BCUT2D eigenvalue weighted by atomic mass is 16.6. The van der Waals surface area contributed by atoms with Crippen molar-refractivity contribution in [3.05, 3.63) is 12.2 Å². The summed E-state index contributed by atoms with van der Waals surface area (Å²) in [6.45, 7) is 2.67. The Balaban J connectivity index is 1.86. The van der Waals surface area contributed by atoms with Gasteiger partial charge in [-0.2, -0.15) is 0 Å². The minimum Gasteiger partial charge on any atom is -0.394 e. The molecule has 1 rings (SSSR count). The standard InChI is InChI=1S/C23H44O5/c1-2-3-4-5-6-7-8-9-10-11-12-13-14-15-16-17-27-21-19-28-23(22(21)26)20(25)18-24/h13-14,20-26H,2-12,15-19H2,1H3/b14-13+/t20-,21+,22+,23+/m1/s1. The zero-order chi connectivity index (χ0) is 20.5. The Morgan fingerprint density at radius 1 is 0.929 bits per heavy atom. The SMILES string of the molecule is CCCCCCCCCCCC/C=C/CCCO[C@H]1CO[C@@H]([C@H](O)CO)[C@H]1O. The largest absolute Gasteiger partial charge is 0.394 e. The number of hydrogen-bond donors (Lipinski definition) is 3. The number of rotatable bonds is 18. The van der Waals surface area contributed by atoms with Gasteiger partial charge in [-0.05, 0) is 25.7 Å². The van der Waals surface area contributed by atoms with Crippen LogP contribution in [0.1, 0.15) is 90.4 Å². The van der Waals surface area contributed by atoms with E-state index in [9.17, 15) is 10.2 Å². The van der Waals surface area contributed by atoms with Gasteiger partial charge in [0.05, 0.1) is 13.2 Å². The van der Waals surface area contributed by atoms with Crippen LogP contribution in [0.2, 0.25) is 0 Å². The van der Waals surface area contributed by atoms with Gasteiger partial charge >= 0.3 is 0 Å². The van der Waals surface area contributed by atoms with E-state index in [0.717, 1.165) is 19.3 Å². The Morgan fingerprint density at radius 3 is 2.11 bits per heavy atom. The molecule has 0 aromatic rings. The molecule has 0 aromatic carbocycles. The lowest BCUT2D eigenvalue weighted by Crippen LogP contribution is -2.41. The molecule has 0 amide bonds. The molecule has 0 bridgehead atoms. The molecule has 3 N–H and O–H groups in total. The van der Waals surface area contributed by atoms with Crippen molar-refractivity contribution in [2.75, 3.05) is 19.8 Å². The highest BCUT2D eigenvalue weighted by Gasteiger charge is 2.40. The van der Waals surface area contributed by atoms with Gasteiger partial charge in [-0.1, -0.05) is 76.9 Å². The van der Waals surface area contributed by atoms with Gasteiger partial charge in [0.15, 0.2) is 0 Å². The average Bonchev–Trinajstić information content (AvgIpc) is 3.07. The third kappa shape index (κ3) is 11.5. The van der Waals surface area contributed by atoms with Crippen molar-refractivity contribution in [1.29, 1.82) is 0 Å². The molecule has 1 heterocycles. The third-order valence-electron chi connectivity index (χ3n) is 5.47. The van der Waals surface area contributed by atoms with Crippen LogP contribution < -0.4 is 0 Å². The van der Waals surface area contributed by atoms with E-state index in [-0.39, 0.29) is 6.61 Å². The molecule has 5 nitrogen and oxygen atoms in total. The summed E-state index contributed by atoms with van der Waals surface area (Å²) in [6, 6.07) is 0. The van der Waals surface area contributed by atoms with E-state index in [1.807, 2.05) is 0 Å². The van der Waals surface area contributed by atoms with Crippen LogP contribution in [0.15, 0.2) is 12.2 Å². The summed E-state index contributed by atoms with van der Waals surface area (Å²) in [5, 5.41) is 28.5. The third-order valence-corrected chi connectivity index (χ3v) is 5.47. The highest BCUT2D eigenvalue weighted by molar-refractivity contribution is 4.89. The molecule has 0 radical (unpaired) electrons. The van der Waals surface area contributed by atoms with Gasteiger partial charge in [-0.3, -0.25) is 0 Å². The lowest BCUT2D eigenvalue weighted by molar-refractivity contribution is -0.0729. The van der Waals surface area contributed by atoms with Gasteiger partial charge in [0, 0.05) is 6.61 Å². The predicted octanol–water partition coefficient (Wildman–Crippen LogP) is 4.13. The molecular formula is C23H44O5. The fraction of sp³-hybridized carbons (Fsp3) is 0.913. The van der Waals surface area contributed by atoms with Gasteiger partial charge in [0.2, 0.25) is 0 Å². The summed E-state index contributed by atoms with van der Waals surface area (Å²) in [4.78, 5) is 0. The summed E-state index contributed by atoms with van der Waals surface area (Å²) in [5.74, 6) is 0. The first-order valence-electron chi connectivity index (χ1n) is 11.6. The fourth-order valence-corrected chi connectivity index (χ4v) is 3.63. The van der Waals surface area contributed by atoms with E-state index >= 15 is 0 Å². The first-order chi connectivity index (χ1) is 13.7. The van der Waals surface area contributed by atoms with Crippen molar-refractivity contribution in [1.82, 2.24) is 0 Å². The second kappa shape index (κ2) is 17.4. The summed E-state index contributed by atoms with van der Waals surface area (Å²) >= 11 is 0. The van der Waals surface area contributed by atoms with Crippen molar-refractivity contribution in [3.8, 4) is 0 Å². The molecule has 0 saturated carbocycles. The van der Waals surface area contributed by atoms with Crippen LogP contribution in [0, 0.1) is 0 Å². The number of aliphatic hydroxyl groups is 3. The Labute approximate surface area is 172 Å².